The van der Waals surface area contributed by atoms with Crippen LogP contribution in [0.5, 0.6) is 0 Å². The van der Waals surface area contributed by atoms with Gasteiger partial charge >= 0.3 is 0 Å². The number of hydrogen-bond acceptors (Lipinski definition) is 4. The van der Waals surface area contributed by atoms with Gasteiger partial charge in [0.25, 0.3) is 10.0 Å². The van der Waals surface area contributed by atoms with Crippen molar-refractivity contribution in [2.24, 2.45) is 0 Å². The van der Waals surface area contributed by atoms with Gasteiger partial charge in [0.15, 0.2) is 0 Å². The SMILES string of the molecule is CN(C)S(=O)(=O)c1ccc(C#N)o1. The van der Waals surface area contributed by atoms with E-state index in [9.17, 15) is 8.42 Å². The standard InChI is InChI=1S/C7H8N2O3S/c1-9(2)13(10,11)7-4-3-6(5-8)12-7/h3-4H,1-2H3. The predicted molar refractivity (Wildman–Crippen MR) is 44.3 cm³/mol. The highest BCUT2D eigenvalue weighted by Gasteiger charge is 2.21. The molecule has 70 valence electrons. The Balaban J connectivity index is 3.18. The summed E-state index contributed by atoms with van der Waals surface area (Å²) in [6.45, 7) is 0. The van der Waals surface area contributed by atoms with E-state index in [2.05, 4.69) is 0 Å². The first-order valence-corrected chi connectivity index (χ1v) is 4.85. The van der Waals surface area contributed by atoms with Crippen LogP contribution in [0, 0.1) is 11.3 Å². The summed E-state index contributed by atoms with van der Waals surface area (Å²) >= 11 is 0. The van der Waals surface area contributed by atoms with E-state index >= 15 is 0 Å². The van der Waals surface area contributed by atoms with Gasteiger partial charge in [-0.3, -0.25) is 0 Å². The summed E-state index contributed by atoms with van der Waals surface area (Å²) in [5.74, 6) is -0.0135. The molecule has 0 N–H and O–H groups in total. The first kappa shape index (κ1) is 9.77. The van der Waals surface area contributed by atoms with Gasteiger partial charge in [-0.1, -0.05) is 0 Å². The molecule has 5 nitrogen and oxygen atoms in total. The average Bonchev–Trinajstić information content (AvgIpc) is 2.51. The van der Waals surface area contributed by atoms with Gasteiger partial charge in [0, 0.05) is 14.1 Å². The molecule has 6 heteroatoms. The topological polar surface area (TPSA) is 74.3 Å². The van der Waals surface area contributed by atoms with Crippen molar-refractivity contribution in [2.45, 2.75) is 5.09 Å². The highest BCUT2D eigenvalue weighted by molar-refractivity contribution is 7.88. The second kappa shape index (κ2) is 3.20. The van der Waals surface area contributed by atoms with Crippen LogP contribution in [0.4, 0.5) is 0 Å². The Kier molecular flexibility index (Phi) is 2.40. The fourth-order valence-electron chi connectivity index (χ4n) is 0.699. The lowest BCUT2D eigenvalue weighted by Gasteiger charge is -2.07. The molecule has 0 aliphatic carbocycles. The minimum absolute atomic E-state index is 0.0135. The number of sulfonamides is 1. The van der Waals surface area contributed by atoms with E-state index in [0.717, 1.165) is 4.31 Å². The van der Waals surface area contributed by atoms with Crippen molar-refractivity contribution in [3.63, 3.8) is 0 Å². The molecule has 0 radical (unpaired) electrons. The molecule has 1 heterocycles. The quantitative estimate of drug-likeness (QED) is 0.692. The van der Waals surface area contributed by atoms with Crippen LogP contribution in [0.25, 0.3) is 0 Å². The average molecular weight is 200 g/mol. The molecule has 0 atom stereocenters. The molecule has 0 bridgehead atoms. The van der Waals surface area contributed by atoms with Crippen molar-refractivity contribution in [3.05, 3.63) is 17.9 Å². The minimum Gasteiger partial charge on any atom is -0.433 e. The van der Waals surface area contributed by atoms with E-state index in [4.69, 9.17) is 9.68 Å². The minimum atomic E-state index is -3.55. The predicted octanol–water partition coefficient (Wildman–Crippen LogP) is 0.402. The lowest BCUT2D eigenvalue weighted by molar-refractivity contribution is 0.419. The number of rotatable bonds is 2. The van der Waals surface area contributed by atoms with Crippen LogP contribution in [-0.4, -0.2) is 26.8 Å². The van der Waals surface area contributed by atoms with Crippen LogP contribution in [0.2, 0.25) is 0 Å². The van der Waals surface area contributed by atoms with Crippen molar-refractivity contribution in [3.8, 4) is 6.07 Å². The Bertz CT molecular complexity index is 439. The van der Waals surface area contributed by atoms with Gasteiger partial charge in [0.2, 0.25) is 10.9 Å². The van der Waals surface area contributed by atoms with Gasteiger partial charge in [0.1, 0.15) is 6.07 Å². The third-order valence-electron chi connectivity index (χ3n) is 1.43. The molecule has 0 saturated carbocycles. The third-order valence-corrected chi connectivity index (χ3v) is 3.12. The molecule has 0 aromatic carbocycles. The summed E-state index contributed by atoms with van der Waals surface area (Å²) in [4.78, 5) is 0. The summed E-state index contributed by atoms with van der Waals surface area (Å²) in [7, 11) is -0.765. The Morgan fingerprint density at radius 1 is 1.46 bits per heavy atom. The fourth-order valence-corrected chi connectivity index (χ4v) is 1.49. The summed E-state index contributed by atoms with van der Waals surface area (Å²) in [6.07, 6.45) is 0. The zero-order chi connectivity index (χ0) is 10.1. The first-order valence-electron chi connectivity index (χ1n) is 3.41. The second-order valence-electron chi connectivity index (χ2n) is 2.52. The molecule has 0 aliphatic heterocycles. The maximum Gasteiger partial charge on any atom is 0.276 e. The maximum absolute atomic E-state index is 11.4. The molecular formula is C7H8N2O3S. The van der Waals surface area contributed by atoms with Gasteiger partial charge in [0.05, 0.1) is 0 Å². The van der Waals surface area contributed by atoms with Gasteiger partial charge in [-0.05, 0) is 12.1 Å². The van der Waals surface area contributed by atoms with Gasteiger partial charge in [-0.15, -0.1) is 0 Å². The Hall–Kier alpha value is -1.32. The molecule has 0 amide bonds. The molecular weight excluding hydrogens is 192 g/mol. The smallest absolute Gasteiger partial charge is 0.276 e. The summed E-state index contributed by atoms with van der Waals surface area (Å²) in [6, 6.07) is 4.28. The van der Waals surface area contributed by atoms with E-state index in [0.29, 0.717) is 0 Å². The van der Waals surface area contributed by atoms with Crippen LogP contribution in [0.3, 0.4) is 0 Å². The van der Waals surface area contributed by atoms with Crippen molar-refractivity contribution in [1.82, 2.24) is 4.31 Å². The highest BCUT2D eigenvalue weighted by atomic mass is 32.2. The van der Waals surface area contributed by atoms with Crippen molar-refractivity contribution < 1.29 is 12.8 Å². The van der Waals surface area contributed by atoms with Crippen LogP contribution >= 0.6 is 0 Å². The molecule has 13 heavy (non-hydrogen) atoms. The van der Waals surface area contributed by atoms with Gasteiger partial charge < -0.3 is 4.42 Å². The van der Waals surface area contributed by atoms with Crippen LogP contribution in [-0.2, 0) is 10.0 Å². The van der Waals surface area contributed by atoms with E-state index < -0.39 is 10.0 Å². The van der Waals surface area contributed by atoms with Crippen LogP contribution in [0.1, 0.15) is 5.76 Å². The number of hydrogen-bond donors (Lipinski definition) is 0. The fraction of sp³-hybridized carbons (Fsp3) is 0.286. The van der Waals surface area contributed by atoms with Crippen molar-refractivity contribution >= 4 is 10.0 Å². The molecule has 0 unspecified atom stereocenters. The number of furan rings is 1. The number of nitriles is 1. The molecule has 1 aromatic rings. The van der Waals surface area contributed by atoms with Crippen LogP contribution in [0.15, 0.2) is 21.6 Å². The van der Waals surface area contributed by atoms with Crippen molar-refractivity contribution in [2.75, 3.05) is 14.1 Å². The third kappa shape index (κ3) is 1.71. The lowest BCUT2D eigenvalue weighted by atomic mass is 10.5. The molecule has 0 spiro atoms. The van der Waals surface area contributed by atoms with Gasteiger partial charge in [-0.25, -0.2) is 12.7 Å². The largest absolute Gasteiger partial charge is 0.433 e. The van der Waals surface area contributed by atoms with E-state index in [1.165, 1.54) is 26.2 Å². The second-order valence-corrected chi connectivity index (χ2v) is 4.60. The normalized spacial score (nSPS) is 11.5. The molecule has 1 rings (SSSR count). The molecule has 1 aromatic heterocycles. The highest BCUT2D eigenvalue weighted by Crippen LogP contribution is 2.15. The Morgan fingerprint density at radius 2 is 2.08 bits per heavy atom. The number of nitrogens with zero attached hydrogens (tertiary/aromatic N) is 2. The van der Waals surface area contributed by atoms with E-state index in [-0.39, 0.29) is 10.9 Å². The first-order chi connectivity index (χ1) is 5.98. The van der Waals surface area contributed by atoms with E-state index in [1.54, 1.807) is 6.07 Å². The lowest BCUT2D eigenvalue weighted by Crippen LogP contribution is -2.21. The summed E-state index contributed by atoms with van der Waals surface area (Å²) in [5, 5.41) is 8.19. The zero-order valence-electron chi connectivity index (χ0n) is 7.18. The molecule has 0 fully saturated rings. The Labute approximate surface area is 76.2 Å². The van der Waals surface area contributed by atoms with Crippen molar-refractivity contribution in [1.29, 1.82) is 5.26 Å². The monoisotopic (exact) mass is 200 g/mol. The molecule has 0 saturated heterocycles. The zero-order valence-corrected chi connectivity index (χ0v) is 8.00. The van der Waals surface area contributed by atoms with E-state index in [1.807, 2.05) is 0 Å². The summed E-state index contributed by atoms with van der Waals surface area (Å²) in [5.41, 5.74) is 0. The molecule has 0 aliphatic rings. The van der Waals surface area contributed by atoms with Gasteiger partial charge in [-0.2, -0.15) is 5.26 Å². The Morgan fingerprint density at radius 3 is 2.46 bits per heavy atom. The summed E-state index contributed by atoms with van der Waals surface area (Å²) < 4.78 is 28.6. The maximum atomic E-state index is 11.4. The van der Waals surface area contributed by atoms with Crippen LogP contribution < -0.4 is 0 Å².